The molecule has 0 fully saturated rings. The van der Waals surface area contributed by atoms with Crippen LogP contribution in [0.1, 0.15) is 38.1 Å². The van der Waals surface area contributed by atoms with Crippen LogP contribution in [0.15, 0.2) is 48.5 Å². The lowest BCUT2D eigenvalue weighted by molar-refractivity contribution is 0.102. The van der Waals surface area contributed by atoms with Gasteiger partial charge in [0.25, 0.3) is 5.91 Å². The average molecular weight is 313 g/mol. The van der Waals surface area contributed by atoms with Gasteiger partial charge in [-0.3, -0.25) is 4.79 Å². The standard InChI is InChI=1S/C19H23NO3/c1-13(2)22-16-10-11-18(23-14(3)4)17(12-16)20-19(21)15-8-6-5-7-9-15/h5-14H,1-4H3,(H,20,21). The maximum absolute atomic E-state index is 12.4. The lowest BCUT2D eigenvalue weighted by Crippen LogP contribution is -2.15. The van der Waals surface area contributed by atoms with Crippen LogP contribution < -0.4 is 14.8 Å². The van der Waals surface area contributed by atoms with Crippen molar-refractivity contribution in [1.82, 2.24) is 0 Å². The molecule has 0 radical (unpaired) electrons. The van der Waals surface area contributed by atoms with Crippen LogP contribution in [0.3, 0.4) is 0 Å². The first-order chi connectivity index (χ1) is 11.0. The summed E-state index contributed by atoms with van der Waals surface area (Å²) in [6.07, 6.45) is 0.0730. The van der Waals surface area contributed by atoms with Crippen LogP contribution in [0.4, 0.5) is 5.69 Å². The minimum atomic E-state index is -0.180. The summed E-state index contributed by atoms with van der Waals surface area (Å²) in [5, 5.41) is 2.90. The molecule has 0 saturated heterocycles. The first-order valence-corrected chi connectivity index (χ1v) is 7.79. The Morgan fingerprint density at radius 3 is 2.17 bits per heavy atom. The largest absolute Gasteiger partial charge is 0.491 e. The zero-order valence-electron chi connectivity index (χ0n) is 14.0. The van der Waals surface area contributed by atoms with Crippen molar-refractivity contribution in [1.29, 1.82) is 0 Å². The third kappa shape index (κ3) is 5.02. The molecule has 0 aromatic heterocycles. The molecule has 0 aliphatic carbocycles. The fourth-order valence-corrected chi connectivity index (χ4v) is 2.09. The Labute approximate surface area is 137 Å². The Kier molecular flexibility index (Phi) is 5.63. The summed E-state index contributed by atoms with van der Waals surface area (Å²) in [7, 11) is 0. The molecule has 23 heavy (non-hydrogen) atoms. The van der Waals surface area contributed by atoms with Crippen LogP contribution in [0, 0.1) is 0 Å². The van der Waals surface area contributed by atoms with Gasteiger partial charge in [-0.25, -0.2) is 0 Å². The monoisotopic (exact) mass is 313 g/mol. The summed E-state index contributed by atoms with van der Waals surface area (Å²) in [6, 6.07) is 14.5. The molecule has 2 aromatic carbocycles. The van der Waals surface area contributed by atoms with Crippen molar-refractivity contribution in [2.24, 2.45) is 0 Å². The van der Waals surface area contributed by atoms with Crippen LogP contribution in [-0.2, 0) is 0 Å². The van der Waals surface area contributed by atoms with Gasteiger partial charge in [0.15, 0.2) is 0 Å². The van der Waals surface area contributed by atoms with Gasteiger partial charge in [0.05, 0.1) is 17.9 Å². The van der Waals surface area contributed by atoms with E-state index >= 15 is 0 Å². The number of anilines is 1. The smallest absolute Gasteiger partial charge is 0.255 e. The molecule has 0 atom stereocenters. The van der Waals surface area contributed by atoms with Gasteiger partial charge >= 0.3 is 0 Å². The summed E-state index contributed by atoms with van der Waals surface area (Å²) >= 11 is 0. The van der Waals surface area contributed by atoms with E-state index in [1.54, 1.807) is 18.2 Å². The lowest BCUT2D eigenvalue weighted by atomic mass is 10.2. The van der Waals surface area contributed by atoms with Gasteiger partial charge < -0.3 is 14.8 Å². The molecule has 1 amide bonds. The third-order valence-corrected chi connectivity index (χ3v) is 2.97. The Bertz CT molecular complexity index is 651. The maximum atomic E-state index is 12.4. The van der Waals surface area contributed by atoms with Gasteiger partial charge in [0.1, 0.15) is 11.5 Å². The molecule has 2 rings (SSSR count). The molecule has 0 unspecified atom stereocenters. The van der Waals surface area contributed by atoms with Gasteiger partial charge in [-0.1, -0.05) is 18.2 Å². The van der Waals surface area contributed by atoms with E-state index in [4.69, 9.17) is 9.47 Å². The maximum Gasteiger partial charge on any atom is 0.255 e. The normalized spacial score (nSPS) is 10.7. The van der Waals surface area contributed by atoms with Crippen molar-refractivity contribution in [3.8, 4) is 11.5 Å². The lowest BCUT2D eigenvalue weighted by Gasteiger charge is -2.17. The number of nitrogens with one attached hydrogen (secondary N) is 1. The first kappa shape index (κ1) is 16.9. The van der Waals surface area contributed by atoms with E-state index in [0.717, 1.165) is 0 Å². The van der Waals surface area contributed by atoms with Crippen LogP contribution >= 0.6 is 0 Å². The van der Waals surface area contributed by atoms with Crippen molar-refractivity contribution >= 4 is 11.6 Å². The van der Waals surface area contributed by atoms with Gasteiger partial charge in [0, 0.05) is 11.6 Å². The van der Waals surface area contributed by atoms with Crippen molar-refractivity contribution in [2.75, 3.05) is 5.32 Å². The minimum absolute atomic E-state index is 0.0132. The van der Waals surface area contributed by atoms with Crippen molar-refractivity contribution < 1.29 is 14.3 Å². The van der Waals surface area contributed by atoms with E-state index in [1.165, 1.54) is 0 Å². The van der Waals surface area contributed by atoms with E-state index in [1.807, 2.05) is 58.0 Å². The Morgan fingerprint density at radius 2 is 1.57 bits per heavy atom. The SMILES string of the molecule is CC(C)Oc1ccc(OC(C)C)c(NC(=O)c2ccccc2)c1. The number of carbonyl (C=O) groups excluding carboxylic acids is 1. The fourth-order valence-electron chi connectivity index (χ4n) is 2.09. The molecule has 0 bridgehead atoms. The van der Waals surface area contributed by atoms with Crippen LogP contribution in [-0.4, -0.2) is 18.1 Å². The highest BCUT2D eigenvalue weighted by atomic mass is 16.5. The Balaban J connectivity index is 2.27. The van der Waals surface area contributed by atoms with Gasteiger partial charge in [-0.2, -0.15) is 0 Å². The molecule has 4 nitrogen and oxygen atoms in total. The number of hydrogen-bond donors (Lipinski definition) is 1. The first-order valence-electron chi connectivity index (χ1n) is 7.79. The number of benzene rings is 2. The van der Waals surface area contributed by atoms with E-state index < -0.39 is 0 Å². The molecule has 0 spiro atoms. The Hall–Kier alpha value is -2.49. The number of ether oxygens (including phenoxy) is 2. The topological polar surface area (TPSA) is 47.6 Å². The zero-order chi connectivity index (χ0) is 16.8. The molecule has 0 aliphatic rings. The number of rotatable bonds is 6. The summed E-state index contributed by atoms with van der Waals surface area (Å²) in [4.78, 5) is 12.4. The zero-order valence-corrected chi connectivity index (χ0v) is 14.0. The van der Waals surface area contributed by atoms with Crippen molar-refractivity contribution in [3.05, 3.63) is 54.1 Å². The fraction of sp³-hybridized carbons (Fsp3) is 0.316. The summed E-state index contributed by atoms with van der Waals surface area (Å²) in [6.45, 7) is 7.81. The molecule has 0 aliphatic heterocycles. The highest BCUT2D eigenvalue weighted by Gasteiger charge is 2.13. The van der Waals surface area contributed by atoms with Crippen molar-refractivity contribution in [3.63, 3.8) is 0 Å². The summed E-state index contributed by atoms with van der Waals surface area (Å²) in [5.41, 5.74) is 1.20. The van der Waals surface area contributed by atoms with Gasteiger partial charge in [-0.05, 0) is 52.0 Å². The summed E-state index contributed by atoms with van der Waals surface area (Å²) in [5.74, 6) is 1.14. The van der Waals surface area contributed by atoms with Crippen molar-refractivity contribution in [2.45, 2.75) is 39.9 Å². The van der Waals surface area contributed by atoms with E-state index in [-0.39, 0.29) is 18.1 Å². The minimum Gasteiger partial charge on any atom is -0.491 e. The predicted octanol–water partition coefficient (Wildman–Crippen LogP) is 4.51. The predicted molar refractivity (Wildman–Crippen MR) is 92.4 cm³/mol. The molecule has 4 heteroatoms. The second kappa shape index (κ2) is 7.68. The molecular formula is C19H23NO3. The molecule has 0 saturated carbocycles. The number of amides is 1. The van der Waals surface area contributed by atoms with Crippen LogP contribution in [0.2, 0.25) is 0 Å². The van der Waals surface area contributed by atoms with Gasteiger partial charge in [-0.15, -0.1) is 0 Å². The van der Waals surface area contributed by atoms with Crippen LogP contribution in [0.5, 0.6) is 11.5 Å². The highest BCUT2D eigenvalue weighted by molar-refractivity contribution is 6.05. The second-order valence-corrected chi connectivity index (χ2v) is 5.81. The van der Waals surface area contributed by atoms with E-state index in [2.05, 4.69) is 5.32 Å². The highest BCUT2D eigenvalue weighted by Crippen LogP contribution is 2.31. The quantitative estimate of drug-likeness (QED) is 0.853. The van der Waals surface area contributed by atoms with Gasteiger partial charge in [0.2, 0.25) is 0 Å². The van der Waals surface area contributed by atoms with E-state index in [9.17, 15) is 4.79 Å². The van der Waals surface area contributed by atoms with E-state index in [0.29, 0.717) is 22.7 Å². The molecule has 0 heterocycles. The molecule has 1 N–H and O–H groups in total. The molecular weight excluding hydrogens is 290 g/mol. The third-order valence-electron chi connectivity index (χ3n) is 2.97. The average Bonchev–Trinajstić information content (AvgIpc) is 2.49. The Morgan fingerprint density at radius 1 is 0.913 bits per heavy atom. The summed E-state index contributed by atoms with van der Waals surface area (Å²) < 4.78 is 11.5. The number of carbonyl (C=O) groups is 1. The molecule has 122 valence electrons. The second-order valence-electron chi connectivity index (χ2n) is 5.81. The van der Waals surface area contributed by atoms with Crippen LogP contribution in [0.25, 0.3) is 0 Å². The molecule has 2 aromatic rings. The number of hydrogen-bond acceptors (Lipinski definition) is 3.